The molecule has 2 unspecified atom stereocenters. The van der Waals surface area contributed by atoms with Crippen molar-refractivity contribution in [1.82, 2.24) is 0 Å². The molecule has 0 aromatic rings. The van der Waals surface area contributed by atoms with Gasteiger partial charge < -0.3 is 4.74 Å². The Morgan fingerprint density at radius 3 is 1.95 bits per heavy atom. The first-order valence-corrected chi connectivity index (χ1v) is 6.62. The van der Waals surface area contributed by atoms with Gasteiger partial charge in [-0.1, -0.05) is 20.8 Å². The van der Waals surface area contributed by atoms with E-state index in [0.29, 0.717) is 0 Å². The molecule has 108 valence electrons. The third-order valence-corrected chi connectivity index (χ3v) is 3.01. The molecule has 0 radical (unpaired) electrons. The van der Waals surface area contributed by atoms with Gasteiger partial charge in [-0.3, -0.25) is 19.2 Å². The van der Waals surface area contributed by atoms with E-state index >= 15 is 0 Å². The van der Waals surface area contributed by atoms with Gasteiger partial charge in [0.15, 0.2) is 0 Å². The number of rotatable bonds is 9. The van der Waals surface area contributed by atoms with Gasteiger partial charge in [0.1, 0.15) is 23.3 Å². The number of ketones is 3. The van der Waals surface area contributed by atoms with Crippen LogP contribution in [0.25, 0.3) is 0 Å². The fourth-order valence-corrected chi connectivity index (χ4v) is 1.73. The van der Waals surface area contributed by atoms with Crippen LogP contribution in [0.2, 0.25) is 0 Å². The van der Waals surface area contributed by atoms with E-state index in [1.807, 2.05) is 0 Å². The zero-order chi connectivity index (χ0) is 15.0. The van der Waals surface area contributed by atoms with Crippen molar-refractivity contribution in [3.63, 3.8) is 0 Å². The molecule has 0 N–H and O–H groups in total. The van der Waals surface area contributed by atoms with Gasteiger partial charge in [-0.05, 0) is 6.92 Å². The molecule has 19 heavy (non-hydrogen) atoms. The second-order valence-electron chi connectivity index (χ2n) is 4.37. The number of carbonyl (C=O) groups excluding carboxylic acids is 4. The van der Waals surface area contributed by atoms with Gasteiger partial charge in [-0.15, -0.1) is 0 Å². The molecule has 0 bridgehead atoms. The summed E-state index contributed by atoms with van der Waals surface area (Å²) in [6.07, 6.45) is 0.192. The topological polar surface area (TPSA) is 77.5 Å². The van der Waals surface area contributed by atoms with Crippen molar-refractivity contribution >= 4 is 23.3 Å². The summed E-state index contributed by atoms with van der Waals surface area (Å²) in [5.74, 6) is -3.50. The van der Waals surface area contributed by atoms with Crippen molar-refractivity contribution in [2.75, 3.05) is 6.61 Å². The Kier molecular flexibility index (Phi) is 7.87. The van der Waals surface area contributed by atoms with Gasteiger partial charge in [0.25, 0.3) is 0 Å². The molecule has 0 heterocycles. The number of esters is 1. The first kappa shape index (κ1) is 17.5. The first-order valence-electron chi connectivity index (χ1n) is 6.62. The van der Waals surface area contributed by atoms with Gasteiger partial charge in [0.2, 0.25) is 0 Å². The molecule has 0 saturated heterocycles. The average Bonchev–Trinajstić information content (AvgIpc) is 2.38. The number of carbonyl (C=O) groups is 4. The molecule has 0 spiro atoms. The van der Waals surface area contributed by atoms with Crippen LogP contribution in [0.15, 0.2) is 0 Å². The molecule has 0 aliphatic heterocycles. The van der Waals surface area contributed by atoms with E-state index in [-0.39, 0.29) is 43.2 Å². The predicted molar refractivity (Wildman–Crippen MR) is 69.5 cm³/mol. The molecule has 0 fully saturated rings. The van der Waals surface area contributed by atoms with E-state index in [9.17, 15) is 19.2 Å². The van der Waals surface area contributed by atoms with Crippen LogP contribution in [0.1, 0.15) is 47.0 Å². The summed E-state index contributed by atoms with van der Waals surface area (Å²) in [5.41, 5.74) is 0. The van der Waals surface area contributed by atoms with Crippen LogP contribution in [-0.2, 0) is 23.9 Å². The quantitative estimate of drug-likeness (QED) is 0.471. The van der Waals surface area contributed by atoms with Crippen LogP contribution < -0.4 is 0 Å². The third kappa shape index (κ3) is 5.32. The minimum Gasteiger partial charge on any atom is -0.465 e. The van der Waals surface area contributed by atoms with E-state index in [0.717, 1.165) is 0 Å². The summed E-state index contributed by atoms with van der Waals surface area (Å²) in [6, 6.07) is 0. The lowest BCUT2D eigenvalue weighted by Crippen LogP contribution is -2.36. The van der Waals surface area contributed by atoms with Crippen LogP contribution in [0.4, 0.5) is 0 Å². The van der Waals surface area contributed by atoms with Gasteiger partial charge in [0, 0.05) is 18.8 Å². The fraction of sp³-hybridized carbons (Fsp3) is 0.714. The summed E-state index contributed by atoms with van der Waals surface area (Å²) in [4.78, 5) is 46.7. The normalized spacial score (nSPS) is 13.5. The zero-order valence-electron chi connectivity index (χ0n) is 12.0. The highest BCUT2D eigenvalue weighted by Gasteiger charge is 2.36. The Morgan fingerprint density at radius 2 is 1.53 bits per heavy atom. The number of hydrogen-bond acceptors (Lipinski definition) is 5. The molecule has 0 aliphatic carbocycles. The molecule has 0 saturated carbocycles. The highest BCUT2D eigenvalue weighted by atomic mass is 16.5. The van der Waals surface area contributed by atoms with Crippen LogP contribution in [0.3, 0.4) is 0 Å². The zero-order valence-corrected chi connectivity index (χ0v) is 12.0. The number of ether oxygens (including phenoxy) is 1. The van der Waals surface area contributed by atoms with Crippen LogP contribution in [-0.4, -0.2) is 29.9 Å². The maximum absolute atomic E-state index is 11.9. The molecular weight excluding hydrogens is 248 g/mol. The molecule has 0 aromatic heterocycles. The Hall–Kier alpha value is -1.52. The number of Topliss-reactive ketones (excluding diaryl/α,β-unsaturated/α-hetero) is 3. The highest BCUT2D eigenvalue weighted by molar-refractivity contribution is 6.07. The van der Waals surface area contributed by atoms with Crippen molar-refractivity contribution in [2.45, 2.75) is 47.0 Å². The summed E-state index contributed by atoms with van der Waals surface area (Å²) in [6.45, 7) is 6.59. The Morgan fingerprint density at radius 1 is 0.947 bits per heavy atom. The summed E-state index contributed by atoms with van der Waals surface area (Å²) < 4.78 is 4.83. The summed E-state index contributed by atoms with van der Waals surface area (Å²) >= 11 is 0. The number of hydrogen-bond donors (Lipinski definition) is 0. The minimum atomic E-state index is -1.10. The highest BCUT2D eigenvalue weighted by Crippen LogP contribution is 2.19. The van der Waals surface area contributed by atoms with E-state index in [2.05, 4.69) is 0 Å². The molecule has 0 amide bonds. The lowest BCUT2D eigenvalue weighted by Gasteiger charge is -2.19. The smallest absolute Gasteiger partial charge is 0.317 e. The largest absolute Gasteiger partial charge is 0.465 e. The van der Waals surface area contributed by atoms with Crippen LogP contribution in [0, 0.1) is 11.8 Å². The Balaban J connectivity index is 4.94. The van der Waals surface area contributed by atoms with E-state index in [4.69, 9.17) is 4.74 Å². The van der Waals surface area contributed by atoms with Crippen molar-refractivity contribution in [3.05, 3.63) is 0 Å². The van der Waals surface area contributed by atoms with Crippen LogP contribution >= 0.6 is 0 Å². The van der Waals surface area contributed by atoms with Crippen molar-refractivity contribution < 1.29 is 23.9 Å². The standard InChI is InChI=1S/C14H22O5/c1-5-10(15)8-12(17)9(4)13(11(16)6-2)14(18)19-7-3/h9,13H,5-8H2,1-4H3. The SMILES string of the molecule is CCOC(=O)C(C(=O)CC)C(C)C(=O)CC(=O)CC. The average molecular weight is 270 g/mol. The fourth-order valence-electron chi connectivity index (χ4n) is 1.73. The molecule has 0 aliphatic rings. The third-order valence-electron chi connectivity index (χ3n) is 3.01. The molecule has 0 rings (SSSR count). The second kappa shape index (κ2) is 8.56. The lowest BCUT2D eigenvalue weighted by atomic mass is 9.84. The molecule has 5 nitrogen and oxygen atoms in total. The van der Waals surface area contributed by atoms with Gasteiger partial charge in [-0.25, -0.2) is 0 Å². The second-order valence-corrected chi connectivity index (χ2v) is 4.37. The van der Waals surface area contributed by atoms with Gasteiger partial charge >= 0.3 is 5.97 Å². The first-order chi connectivity index (χ1) is 8.88. The minimum absolute atomic E-state index is 0.154. The molecule has 5 heteroatoms. The Labute approximate surface area is 113 Å². The van der Waals surface area contributed by atoms with Crippen molar-refractivity contribution in [2.24, 2.45) is 11.8 Å². The summed E-state index contributed by atoms with van der Waals surface area (Å²) in [5, 5.41) is 0. The maximum Gasteiger partial charge on any atom is 0.317 e. The molecule has 2 atom stereocenters. The van der Waals surface area contributed by atoms with Gasteiger partial charge in [0.05, 0.1) is 13.0 Å². The Bertz CT molecular complexity index is 359. The van der Waals surface area contributed by atoms with Crippen molar-refractivity contribution in [1.29, 1.82) is 0 Å². The lowest BCUT2D eigenvalue weighted by molar-refractivity contribution is -0.156. The predicted octanol–water partition coefficient (Wildman–Crippen LogP) is 1.72. The van der Waals surface area contributed by atoms with Crippen LogP contribution in [0.5, 0.6) is 0 Å². The van der Waals surface area contributed by atoms with E-state index in [1.54, 1.807) is 20.8 Å². The molecule has 0 aromatic carbocycles. The molecular formula is C14H22O5. The summed E-state index contributed by atoms with van der Waals surface area (Å²) in [7, 11) is 0. The van der Waals surface area contributed by atoms with Gasteiger partial charge in [-0.2, -0.15) is 0 Å². The van der Waals surface area contributed by atoms with Crippen molar-refractivity contribution in [3.8, 4) is 0 Å². The monoisotopic (exact) mass is 270 g/mol. The van der Waals surface area contributed by atoms with E-state index < -0.39 is 17.8 Å². The maximum atomic E-state index is 11.9. The van der Waals surface area contributed by atoms with E-state index in [1.165, 1.54) is 6.92 Å².